The van der Waals surface area contributed by atoms with E-state index in [1.165, 1.54) is 15.6 Å². The van der Waals surface area contributed by atoms with Crippen molar-refractivity contribution in [3.8, 4) is 0 Å². The standard InChI is InChI=1S/C21H24N4O4S4/c1-24(33(28,29)19-6-3-9-30-19)18-5-2-4-15-12-17(23-20(15)18)21-22-13-16(31-21)14-25-7-10-32(26,27)11-8-25/h2-6,9,12,16,23H,7-8,10-11,13-14H2,1H3. The number of aromatic amines is 1. The first-order chi connectivity index (χ1) is 15.7. The van der Waals surface area contributed by atoms with Crippen LogP contribution in [0, 0.1) is 0 Å². The van der Waals surface area contributed by atoms with E-state index >= 15 is 0 Å². The molecule has 1 unspecified atom stereocenters. The van der Waals surface area contributed by atoms with E-state index in [4.69, 9.17) is 4.99 Å². The van der Waals surface area contributed by atoms with E-state index in [0.717, 1.165) is 28.2 Å². The fourth-order valence-electron chi connectivity index (χ4n) is 4.07. The second kappa shape index (κ2) is 8.73. The van der Waals surface area contributed by atoms with Crippen LogP contribution in [0.5, 0.6) is 0 Å². The number of sulfonamides is 1. The van der Waals surface area contributed by atoms with Crippen LogP contribution in [0.2, 0.25) is 0 Å². The minimum atomic E-state index is -3.64. The minimum absolute atomic E-state index is 0.227. The summed E-state index contributed by atoms with van der Waals surface area (Å²) in [5.74, 6) is 0.454. The fraction of sp³-hybridized carbons (Fsp3) is 0.381. The van der Waals surface area contributed by atoms with Gasteiger partial charge in [-0.25, -0.2) is 16.8 Å². The van der Waals surface area contributed by atoms with E-state index in [9.17, 15) is 16.8 Å². The number of rotatable bonds is 6. The lowest BCUT2D eigenvalue weighted by Gasteiger charge is -2.28. The smallest absolute Gasteiger partial charge is 0.273 e. The lowest BCUT2D eigenvalue weighted by Crippen LogP contribution is -2.43. The molecule has 0 bridgehead atoms. The van der Waals surface area contributed by atoms with Gasteiger partial charge in [-0.3, -0.25) is 9.30 Å². The van der Waals surface area contributed by atoms with E-state index in [0.29, 0.717) is 29.5 Å². The van der Waals surface area contributed by atoms with Crippen molar-refractivity contribution in [3.05, 3.63) is 47.5 Å². The van der Waals surface area contributed by atoms with Crippen LogP contribution in [0.1, 0.15) is 5.69 Å². The molecule has 33 heavy (non-hydrogen) atoms. The van der Waals surface area contributed by atoms with Crippen molar-refractivity contribution in [1.29, 1.82) is 0 Å². The summed E-state index contributed by atoms with van der Waals surface area (Å²) in [4.78, 5) is 10.3. The topological polar surface area (TPSA) is 103 Å². The number of benzene rings is 1. The summed E-state index contributed by atoms with van der Waals surface area (Å²) >= 11 is 2.89. The molecule has 3 aromatic rings. The van der Waals surface area contributed by atoms with Gasteiger partial charge in [0.2, 0.25) is 0 Å². The van der Waals surface area contributed by atoms with Gasteiger partial charge in [-0.2, -0.15) is 0 Å². The Morgan fingerprint density at radius 2 is 2.00 bits per heavy atom. The van der Waals surface area contributed by atoms with Crippen LogP contribution in [0.15, 0.2) is 51.0 Å². The van der Waals surface area contributed by atoms with Crippen molar-refractivity contribution >= 4 is 64.6 Å². The fourth-order valence-corrected chi connectivity index (χ4v) is 8.86. The van der Waals surface area contributed by atoms with Crippen molar-refractivity contribution < 1.29 is 16.8 Å². The maximum atomic E-state index is 13.0. The first kappa shape index (κ1) is 22.9. The number of anilines is 1. The van der Waals surface area contributed by atoms with Crippen LogP contribution < -0.4 is 4.31 Å². The maximum Gasteiger partial charge on any atom is 0.273 e. The number of aliphatic imine (C=N–C) groups is 1. The predicted molar refractivity (Wildman–Crippen MR) is 136 cm³/mol. The van der Waals surface area contributed by atoms with E-state index in [2.05, 4.69) is 9.88 Å². The molecule has 0 saturated carbocycles. The zero-order valence-electron chi connectivity index (χ0n) is 18.0. The number of sulfone groups is 1. The first-order valence-electron chi connectivity index (χ1n) is 10.5. The largest absolute Gasteiger partial charge is 0.351 e. The van der Waals surface area contributed by atoms with Gasteiger partial charge >= 0.3 is 0 Å². The van der Waals surface area contributed by atoms with Gasteiger partial charge in [0, 0.05) is 37.3 Å². The average Bonchev–Trinajstić information content (AvgIpc) is 3.54. The van der Waals surface area contributed by atoms with Gasteiger partial charge in [0.15, 0.2) is 9.84 Å². The molecule has 2 aliphatic heterocycles. The predicted octanol–water partition coefficient (Wildman–Crippen LogP) is 2.65. The third-order valence-electron chi connectivity index (χ3n) is 5.93. The van der Waals surface area contributed by atoms with Gasteiger partial charge < -0.3 is 9.88 Å². The van der Waals surface area contributed by atoms with Crippen LogP contribution >= 0.6 is 23.1 Å². The normalized spacial score (nSPS) is 21.4. The molecule has 0 amide bonds. The molecule has 1 aromatic carbocycles. The Labute approximate surface area is 201 Å². The number of nitrogens with one attached hydrogen (secondary N) is 1. The Balaban J connectivity index is 1.34. The van der Waals surface area contributed by atoms with Crippen molar-refractivity contribution in [1.82, 2.24) is 9.88 Å². The number of fused-ring (bicyclic) bond motifs is 1. The van der Waals surface area contributed by atoms with Crippen molar-refractivity contribution in [2.24, 2.45) is 4.99 Å². The molecule has 0 spiro atoms. The molecule has 1 saturated heterocycles. The summed E-state index contributed by atoms with van der Waals surface area (Å²) in [6, 6.07) is 10.9. The summed E-state index contributed by atoms with van der Waals surface area (Å²) in [6.07, 6.45) is 0. The number of aromatic nitrogens is 1. The van der Waals surface area contributed by atoms with E-state index in [-0.39, 0.29) is 16.8 Å². The average molecular weight is 525 g/mol. The lowest BCUT2D eigenvalue weighted by molar-refractivity contribution is 0.298. The van der Waals surface area contributed by atoms with Crippen LogP contribution in [-0.4, -0.2) is 81.7 Å². The summed E-state index contributed by atoms with van der Waals surface area (Å²) in [5, 5.41) is 3.84. The molecule has 1 atom stereocenters. The van der Waals surface area contributed by atoms with Gasteiger partial charge in [-0.15, -0.1) is 11.3 Å². The molecule has 2 aromatic heterocycles. The van der Waals surface area contributed by atoms with Gasteiger partial charge in [0.25, 0.3) is 10.0 Å². The minimum Gasteiger partial charge on any atom is -0.351 e. The molecule has 2 aliphatic rings. The van der Waals surface area contributed by atoms with Gasteiger partial charge in [0.05, 0.1) is 34.9 Å². The molecule has 0 radical (unpaired) electrons. The van der Waals surface area contributed by atoms with Crippen LogP contribution in [0.4, 0.5) is 5.69 Å². The Morgan fingerprint density at radius 3 is 2.73 bits per heavy atom. The quantitative estimate of drug-likeness (QED) is 0.532. The highest BCUT2D eigenvalue weighted by atomic mass is 32.2. The van der Waals surface area contributed by atoms with Crippen molar-refractivity contribution in [2.45, 2.75) is 9.46 Å². The first-order valence-corrected chi connectivity index (χ1v) is 15.5. The van der Waals surface area contributed by atoms with Crippen LogP contribution in [0.25, 0.3) is 10.9 Å². The number of thioether (sulfide) groups is 1. The summed E-state index contributed by atoms with van der Waals surface area (Å²) < 4.78 is 51.0. The third-order valence-corrected chi connectivity index (χ3v) is 11.9. The number of para-hydroxylation sites is 1. The van der Waals surface area contributed by atoms with E-state index in [1.807, 2.05) is 18.2 Å². The number of H-pyrrole nitrogens is 1. The summed E-state index contributed by atoms with van der Waals surface area (Å²) in [6.45, 7) is 2.64. The summed E-state index contributed by atoms with van der Waals surface area (Å²) in [5.41, 5.74) is 2.21. The van der Waals surface area contributed by atoms with Gasteiger partial charge in [-0.1, -0.05) is 30.0 Å². The Kier molecular flexibility index (Phi) is 6.06. The van der Waals surface area contributed by atoms with E-state index < -0.39 is 19.9 Å². The third kappa shape index (κ3) is 4.59. The number of nitrogens with zero attached hydrogens (tertiary/aromatic N) is 3. The molecule has 12 heteroatoms. The van der Waals surface area contributed by atoms with Gasteiger partial charge in [-0.05, 0) is 23.6 Å². The molecular weight excluding hydrogens is 501 g/mol. The Hall–Kier alpha value is -1.86. The molecule has 4 heterocycles. The molecule has 1 N–H and O–H groups in total. The molecule has 1 fully saturated rings. The Morgan fingerprint density at radius 1 is 1.21 bits per heavy atom. The monoisotopic (exact) mass is 524 g/mol. The van der Waals surface area contributed by atoms with Crippen LogP contribution in [0.3, 0.4) is 0 Å². The van der Waals surface area contributed by atoms with Gasteiger partial charge in [0.1, 0.15) is 9.25 Å². The molecule has 0 aliphatic carbocycles. The zero-order valence-corrected chi connectivity index (χ0v) is 21.2. The van der Waals surface area contributed by atoms with E-state index in [1.54, 1.807) is 42.4 Å². The molecule has 8 nitrogen and oxygen atoms in total. The number of hydrogen-bond donors (Lipinski definition) is 1. The summed E-state index contributed by atoms with van der Waals surface area (Å²) in [7, 11) is -4.95. The number of hydrogen-bond acceptors (Lipinski definition) is 8. The Bertz CT molecular complexity index is 1400. The van der Waals surface area contributed by atoms with Crippen molar-refractivity contribution in [2.75, 3.05) is 49.0 Å². The molecular formula is C21H24N4O4S4. The highest BCUT2D eigenvalue weighted by molar-refractivity contribution is 8.15. The second-order valence-corrected chi connectivity index (χ2v) is 14.9. The zero-order chi connectivity index (χ0) is 23.2. The highest BCUT2D eigenvalue weighted by Gasteiger charge is 2.29. The SMILES string of the molecule is CN(c1cccc2cc(C3=NCC(CN4CCS(=O)(=O)CC4)S3)[nH]c12)S(=O)(=O)c1cccs1. The second-order valence-electron chi connectivity index (χ2n) is 8.17. The highest BCUT2D eigenvalue weighted by Crippen LogP contribution is 2.34. The van der Waals surface area contributed by atoms with Crippen LogP contribution in [-0.2, 0) is 19.9 Å². The number of thiophene rings is 1. The van der Waals surface area contributed by atoms with Crippen molar-refractivity contribution in [3.63, 3.8) is 0 Å². The molecule has 5 rings (SSSR count). The maximum absolute atomic E-state index is 13.0. The lowest BCUT2D eigenvalue weighted by atomic mass is 10.2. The molecule has 176 valence electrons.